The summed E-state index contributed by atoms with van der Waals surface area (Å²) in [5.74, 6) is -8.31. The molecule has 108 heavy (non-hydrogen) atoms. The zero-order valence-corrected chi connectivity index (χ0v) is 60.2. The third-order valence-corrected chi connectivity index (χ3v) is 15.0. The van der Waals surface area contributed by atoms with Crippen LogP contribution in [0.3, 0.4) is 0 Å². The molecule has 6 N–H and O–H groups in total. The second-order valence-electron chi connectivity index (χ2n) is 27.4. The molecule has 38 heteroatoms. The molecule has 3 aromatic heterocycles. The first-order valence-corrected chi connectivity index (χ1v) is 33.6. The molecule has 6 aromatic rings. The van der Waals surface area contributed by atoms with E-state index in [0.717, 1.165) is 18.2 Å². The van der Waals surface area contributed by atoms with Crippen molar-refractivity contribution in [3.63, 3.8) is 0 Å². The number of ether oxygens (including phenoxy) is 6. The smallest absolute Gasteiger partial charge is 0.410 e. The Morgan fingerprint density at radius 1 is 0.417 bits per heavy atom. The van der Waals surface area contributed by atoms with Crippen LogP contribution in [0.4, 0.5) is 84.1 Å². The lowest BCUT2D eigenvalue weighted by Gasteiger charge is -2.33. The maximum Gasteiger partial charge on any atom is 0.410 e. The number of hydrogen-bond acceptors (Lipinski definition) is 16. The highest BCUT2D eigenvalue weighted by Crippen LogP contribution is 2.41. The summed E-state index contributed by atoms with van der Waals surface area (Å²) in [6, 6.07) is 12.4. The number of nitrogens with zero attached hydrogens (tertiary/aromatic N) is 6. The number of pyridine rings is 3. The standard InChI is InChI=1S/3C23H24F5N3O4.CH3FS/c3*1-22(2,3)35-21(33)31(11-23(26,27)28)10-13-5-7-15-16(14-6-4-12(24)8-17(14)25)9-18(19(29)32)30-20(15)34-13;1-3-2/h3*4,6,8-9,13H,5,7,10-11H2,1-3H3,(H2,29,32);1H3/t2*13-;;/m10../s1. The molecule has 0 saturated carbocycles. The number of fused-ring (bicyclic) bond motifs is 3. The minimum Gasteiger partial charge on any atom is -0.472 e. The average Bonchev–Trinajstić information content (AvgIpc) is 0.783. The Bertz CT molecular complexity index is 3850. The molecule has 9 rings (SSSR count). The predicted molar refractivity (Wildman–Crippen MR) is 359 cm³/mol. The molecule has 0 bridgehead atoms. The van der Waals surface area contributed by atoms with Crippen LogP contribution < -0.4 is 31.4 Å². The largest absolute Gasteiger partial charge is 0.472 e. The lowest BCUT2D eigenvalue weighted by Crippen LogP contribution is -2.47. The molecule has 21 nitrogen and oxygen atoms in total. The van der Waals surface area contributed by atoms with Gasteiger partial charge in [-0.15, -0.1) is 0 Å². The van der Waals surface area contributed by atoms with E-state index < -0.39 is 164 Å². The number of carbonyl (C=O) groups excluding carboxylic acids is 6. The summed E-state index contributed by atoms with van der Waals surface area (Å²) >= 11 is 0.250. The van der Waals surface area contributed by atoms with E-state index in [0.29, 0.717) is 49.6 Å². The molecule has 590 valence electrons. The Hall–Kier alpha value is -10.0. The maximum atomic E-state index is 14.5. The third kappa shape index (κ3) is 26.1. The Labute approximate surface area is 612 Å². The molecule has 3 atom stereocenters. The summed E-state index contributed by atoms with van der Waals surface area (Å²) in [7, 11) is 0. The minimum absolute atomic E-state index is 0.0259. The van der Waals surface area contributed by atoms with E-state index in [1.54, 1.807) is 0 Å². The van der Waals surface area contributed by atoms with Crippen molar-refractivity contribution in [3.8, 4) is 51.0 Å². The van der Waals surface area contributed by atoms with Crippen molar-refractivity contribution in [1.82, 2.24) is 29.7 Å². The molecule has 0 spiro atoms. The van der Waals surface area contributed by atoms with Crippen LogP contribution in [-0.4, -0.2) is 165 Å². The van der Waals surface area contributed by atoms with E-state index in [1.807, 2.05) is 0 Å². The van der Waals surface area contributed by atoms with Gasteiger partial charge in [-0.1, -0.05) is 0 Å². The van der Waals surface area contributed by atoms with Crippen molar-refractivity contribution < 1.29 is 127 Å². The number of rotatable bonds is 15. The maximum absolute atomic E-state index is 14.5. The van der Waals surface area contributed by atoms with Gasteiger partial charge in [-0.25, -0.2) is 55.7 Å². The Morgan fingerprint density at radius 2 is 0.639 bits per heavy atom. The number of halogens is 16. The predicted octanol–water partition coefficient (Wildman–Crippen LogP) is 15.1. The van der Waals surface area contributed by atoms with Crippen molar-refractivity contribution in [2.24, 2.45) is 17.2 Å². The minimum atomic E-state index is -4.69. The van der Waals surface area contributed by atoms with Crippen LogP contribution in [0.1, 0.15) is 130 Å². The van der Waals surface area contributed by atoms with Crippen molar-refractivity contribution >= 4 is 48.1 Å². The zero-order chi connectivity index (χ0) is 81.1. The number of hydrogen-bond donors (Lipinski definition) is 3. The molecule has 1 unspecified atom stereocenters. The number of nitrogens with two attached hydrogens (primary N) is 3. The van der Waals surface area contributed by atoms with E-state index in [4.69, 9.17) is 45.6 Å². The van der Waals surface area contributed by atoms with Gasteiger partial charge in [0.2, 0.25) is 17.6 Å². The van der Waals surface area contributed by atoms with Crippen molar-refractivity contribution in [2.75, 3.05) is 45.5 Å². The summed E-state index contributed by atoms with van der Waals surface area (Å²) in [5, 5.41) is 0. The molecule has 0 aliphatic carbocycles. The molecule has 6 amide bonds. The van der Waals surface area contributed by atoms with Crippen molar-refractivity contribution in [1.29, 1.82) is 0 Å². The number of alkyl halides is 9. The number of aromatic nitrogens is 3. The molecule has 0 radical (unpaired) electrons. The van der Waals surface area contributed by atoms with Gasteiger partial charge in [0, 0.05) is 70.0 Å². The van der Waals surface area contributed by atoms with E-state index >= 15 is 0 Å². The number of carbonyl (C=O) groups is 6. The SMILES string of the molecule is CC(C)(C)OC(=O)N(CC1CCc2c(-c3ccc(F)cc3F)cc(C(N)=O)nc2O1)CC(F)(F)F.CC(C)(C)OC(=O)N(C[C@@H]1CCc2c(-c3ccc(F)cc3F)cc(C(N)=O)nc2O1)CC(F)(F)F.CC(C)(C)OC(=O)N(C[C@H]1CCc2c(-c3ccc(F)cc3F)cc(C(N)=O)nc2O1)CC(F)(F)F.CSF. The van der Waals surface area contributed by atoms with Gasteiger partial charge in [0.25, 0.3) is 17.7 Å². The molecule has 3 aliphatic heterocycles. The van der Waals surface area contributed by atoms with Crippen molar-refractivity contribution in [2.45, 2.75) is 154 Å². The first-order valence-electron chi connectivity index (χ1n) is 32.5. The van der Waals surface area contributed by atoms with Crippen LogP contribution in [0.15, 0.2) is 72.8 Å². The molecule has 3 aliphatic rings. The summed E-state index contributed by atoms with van der Waals surface area (Å²) in [6.07, 6.45) is -18.0. The summed E-state index contributed by atoms with van der Waals surface area (Å²) in [4.78, 5) is 86.2. The van der Waals surface area contributed by atoms with E-state index in [9.17, 15) is 98.5 Å². The molecule has 3 aromatic carbocycles. The van der Waals surface area contributed by atoms with Gasteiger partial charge in [0.1, 0.15) is 107 Å². The van der Waals surface area contributed by atoms with E-state index in [-0.39, 0.29) is 119 Å². The number of amides is 6. The van der Waals surface area contributed by atoms with Gasteiger partial charge >= 0.3 is 36.8 Å². The number of benzene rings is 3. The molecule has 0 fully saturated rings. The lowest BCUT2D eigenvalue weighted by atomic mass is 9.93. The monoisotopic (exact) mass is 1570 g/mol. The van der Waals surface area contributed by atoms with Gasteiger partial charge in [-0.2, -0.15) is 43.4 Å². The highest BCUT2D eigenvalue weighted by molar-refractivity contribution is 7.93. The quantitative estimate of drug-likeness (QED) is 0.0636. The molecular weight excluding hydrogens is 1490 g/mol. The van der Waals surface area contributed by atoms with Crippen LogP contribution in [0, 0.1) is 34.9 Å². The van der Waals surface area contributed by atoms with Gasteiger partial charge in [-0.05, 0) is 172 Å². The zero-order valence-electron chi connectivity index (χ0n) is 59.4. The molecule has 6 heterocycles. The van der Waals surface area contributed by atoms with Crippen LogP contribution in [0.2, 0.25) is 0 Å². The van der Waals surface area contributed by atoms with Crippen LogP contribution in [0.25, 0.3) is 33.4 Å². The molecule has 0 saturated heterocycles. The second kappa shape index (κ2) is 35.3. The average molecular weight is 1570 g/mol. The third-order valence-electron chi connectivity index (χ3n) is 15.0. The van der Waals surface area contributed by atoms with Crippen LogP contribution >= 0.6 is 12.1 Å². The highest BCUT2D eigenvalue weighted by Gasteiger charge is 2.42. The fourth-order valence-electron chi connectivity index (χ4n) is 10.8. The van der Waals surface area contributed by atoms with Gasteiger partial charge in [0.15, 0.2) is 0 Å². The fraction of sp³-hybridized carbons (Fsp3) is 0.443. The summed E-state index contributed by atoms with van der Waals surface area (Å²) < 4.78 is 244. The van der Waals surface area contributed by atoms with Crippen LogP contribution in [-0.2, 0) is 33.5 Å². The Kier molecular flexibility index (Phi) is 28.4. The van der Waals surface area contributed by atoms with Gasteiger partial charge in [0.05, 0.1) is 19.6 Å². The normalized spacial score (nSPS) is 15.4. The fourth-order valence-corrected chi connectivity index (χ4v) is 10.8. The van der Waals surface area contributed by atoms with E-state index in [1.165, 1.54) is 105 Å². The summed E-state index contributed by atoms with van der Waals surface area (Å²) in [5.41, 5.74) is 13.7. The van der Waals surface area contributed by atoms with Crippen LogP contribution in [0.5, 0.6) is 17.6 Å². The highest BCUT2D eigenvalue weighted by atomic mass is 32.2. The van der Waals surface area contributed by atoms with Gasteiger partial charge < -0.3 is 45.6 Å². The lowest BCUT2D eigenvalue weighted by molar-refractivity contribution is -0.147. The topological polar surface area (TPSA) is 284 Å². The Morgan fingerprint density at radius 3 is 0.824 bits per heavy atom. The first kappa shape index (κ1) is 86.9. The number of primary amides is 3. The Balaban J connectivity index is 0.000000249. The molecular formula is C70H75F16N9O12S. The summed E-state index contributed by atoms with van der Waals surface area (Å²) in [6.45, 7) is 7.60. The first-order chi connectivity index (χ1) is 49.8. The van der Waals surface area contributed by atoms with Gasteiger partial charge in [-0.3, -0.25) is 29.1 Å². The second-order valence-corrected chi connectivity index (χ2v) is 27.7. The van der Waals surface area contributed by atoms with Crippen molar-refractivity contribution in [3.05, 3.63) is 141 Å². The van der Waals surface area contributed by atoms with E-state index in [2.05, 4.69) is 15.0 Å².